The predicted molar refractivity (Wildman–Crippen MR) is 78.0 cm³/mol. The first-order chi connectivity index (χ1) is 8.99. The largest absolute Gasteiger partial charge is 0.367 e. The van der Waals surface area contributed by atoms with Gasteiger partial charge in [0.25, 0.3) is 0 Å². The number of aryl methyl sites for hydroxylation is 1. The fourth-order valence-corrected chi connectivity index (χ4v) is 2.72. The number of anilines is 1. The lowest BCUT2D eigenvalue weighted by Gasteiger charge is -2.20. The summed E-state index contributed by atoms with van der Waals surface area (Å²) in [5.41, 5.74) is 9.96. The molecule has 1 heterocycles. The Morgan fingerprint density at radius 2 is 2.21 bits per heavy atom. The van der Waals surface area contributed by atoms with E-state index in [4.69, 9.17) is 5.73 Å². The number of hydrogen-bond acceptors (Lipinski definition) is 4. The highest BCUT2D eigenvalue weighted by molar-refractivity contribution is 7.09. The molecule has 2 N–H and O–H groups in total. The molecule has 1 atom stereocenters. The van der Waals surface area contributed by atoms with E-state index in [9.17, 15) is 4.39 Å². The van der Waals surface area contributed by atoms with Crippen molar-refractivity contribution in [3.63, 3.8) is 0 Å². The van der Waals surface area contributed by atoms with Gasteiger partial charge in [-0.3, -0.25) is 0 Å². The molecular formula is C14H18FN3S. The van der Waals surface area contributed by atoms with Crippen molar-refractivity contribution < 1.29 is 4.39 Å². The van der Waals surface area contributed by atoms with Crippen molar-refractivity contribution in [1.82, 2.24) is 4.98 Å². The number of nitrogens with zero attached hydrogens (tertiary/aromatic N) is 2. The average molecular weight is 279 g/mol. The van der Waals surface area contributed by atoms with Crippen LogP contribution in [0.3, 0.4) is 0 Å². The molecule has 0 fully saturated rings. The van der Waals surface area contributed by atoms with E-state index in [1.165, 1.54) is 6.07 Å². The van der Waals surface area contributed by atoms with Gasteiger partial charge in [0.2, 0.25) is 0 Å². The summed E-state index contributed by atoms with van der Waals surface area (Å²) >= 11 is 1.59. The fourth-order valence-electron chi connectivity index (χ4n) is 1.89. The molecule has 1 aromatic carbocycles. The second kappa shape index (κ2) is 5.67. The molecule has 0 unspecified atom stereocenters. The van der Waals surface area contributed by atoms with Crippen LogP contribution in [0.25, 0.3) is 0 Å². The fraction of sp³-hybridized carbons (Fsp3) is 0.357. The maximum absolute atomic E-state index is 14.1. The molecule has 0 spiro atoms. The van der Waals surface area contributed by atoms with E-state index in [0.717, 1.165) is 16.1 Å². The van der Waals surface area contributed by atoms with Gasteiger partial charge >= 0.3 is 0 Å². The van der Waals surface area contributed by atoms with Crippen molar-refractivity contribution in [2.75, 3.05) is 11.9 Å². The molecule has 0 aliphatic rings. The maximum Gasteiger partial charge on any atom is 0.146 e. The molecule has 0 bridgehead atoms. The third kappa shape index (κ3) is 3.11. The molecular weight excluding hydrogens is 261 g/mol. The molecule has 0 amide bonds. The highest BCUT2D eigenvalue weighted by Gasteiger charge is 2.12. The molecule has 19 heavy (non-hydrogen) atoms. The number of nitrogens with two attached hydrogens (primary N) is 1. The lowest BCUT2D eigenvalue weighted by atomic mass is 10.1. The Balaban J connectivity index is 2.20. The summed E-state index contributed by atoms with van der Waals surface area (Å²) in [5, 5.41) is 0. The first-order valence-electron chi connectivity index (χ1n) is 6.14. The van der Waals surface area contributed by atoms with Crippen LogP contribution in [0.4, 0.5) is 10.1 Å². The highest BCUT2D eigenvalue weighted by atomic mass is 32.1. The van der Waals surface area contributed by atoms with Crippen LogP contribution in [-0.4, -0.2) is 12.0 Å². The molecule has 0 radical (unpaired) electrons. The maximum atomic E-state index is 14.1. The van der Waals surface area contributed by atoms with E-state index >= 15 is 0 Å². The molecule has 0 aliphatic carbocycles. The first kappa shape index (κ1) is 14.0. The van der Waals surface area contributed by atoms with Crippen LogP contribution >= 0.6 is 11.3 Å². The van der Waals surface area contributed by atoms with Crippen LogP contribution in [-0.2, 0) is 6.54 Å². The third-order valence-corrected chi connectivity index (χ3v) is 4.05. The van der Waals surface area contributed by atoms with Gasteiger partial charge in [-0.25, -0.2) is 9.37 Å². The third-order valence-electron chi connectivity index (χ3n) is 3.13. The lowest BCUT2D eigenvalue weighted by molar-refractivity contribution is 0.617. The molecule has 5 heteroatoms. The molecule has 1 aromatic heterocycles. The zero-order valence-electron chi connectivity index (χ0n) is 11.4. The van der Waals surface area contributed by atoms with Gasteiger partial charge in [-0.05, 0) is 31.5 Å². The summed E-state index contributed by atoms with van der Waals surface area (Å²) in [5.74, 6) is -0.237. The molecule has 102 valence electrons. The van der Waals surface area contributed by atoms with Crippen molar-refractivity contribution in [2.24, 2.45) is 5.73 Å². The zero-order valence-corrected chi connectivity index (χ0v) is 12.2. The molecule has 3 nitrogen and oxygen atoms in total. The van der Waals surface area contributed by atoms with E-state index in [1.54, 1.807) is 17.4 Å². The summed E-state index contributed by atoms with van der Waals surface area (Å²) < 4.78 is 14.1. The number of hydrogen-bond donors (Lipinski definition) is 1. The van der Waals surface area contributed by atoms with Gasteiger partial charge in [-0.15, -0.1) is 11.3 Å². The predicted octanol–water partition coefficient (Wildman–Crippen LogP) is 3.25. The average Bonchev–Trinajstić information content (AvgIpc) is 2.74. The molecule has 0 saturated heterocycles. The minimum atomic E-state index is -0.237. The lowest BCUT2D eigenvalue weighted by Crippen LogP contribution is -2.18. The van der Waals surface area contributed by atoms with Gasteiger partial charge in [-0.1, -0.05) is 6.07 Å². The van der Waals surface area contributed by atoms with Crippen molar-refractivity contribution in [3.8, 4) is 0 Å². The van der Waals surface area contributed by atoms with Gasteiger partial charge in [0.05, 0.1) is 23.4 Å². The summed E-state index contributed by atoms with van der Waals surface area (Å²) in [7, 11) is 1.88. The van der Waals surface area contributed by atoms with Gasteiger partial charge in [-0.2, -0.15) is 0 Å². The van der Waals surface area contributed by atoms with Crippen LogP contribution in [0.1, 0.15) is 29.1 Å². The van der Waals surface area contributed by atoms with Crippen LogP contribution in [0.5, 0.6) is 0 Å². The van der Waals surface area contributed by atoms with Crippen LogP contribution in [0, 0.1) is 12.7 Å². The number of rotatable bonds is 4. The Kier molecular flexibility index (Phi) is 4.17. The Hall–Kier alpha value is -1.46. The number of halogens is 1. The van der Waals surface area contributed by atoms with Gasteiger partial charge in [0, 0.05) is 18.0 Å². The number of benzene rings is 1. The molecule has 0 aliphatic heterocycles. The Bertz CT molecular complexity index is 566. The molecule has 2 aromatic rings. The highest BCUT2D eigenvalue weighted by Crippen LogP contribution is 2.24. The van der Waals surface area contributed by atoms with Crippen molar-refractivity contribution >= 4 is 17.0 Å². The van der Waals surface area contributed by atoms with Gasteiger partial charge in [0.15, 0.2) is 0 Å². The van der Waals surface area contributed by atoms with Crippen molar-refractivity contribution in [3.05, 3.63) is 45.7 Å². The zero-order chi connectivity index (χ0) is 14.0. The van der Waals surface area contributed by atoms with Crippen LogP contribution < -0.4 is 10.6 Å². The minimum absolute atomic E-state index is 0.155. The number of thiazole rings is 1. The second-order valence-electron chi connectivity index (χ2n) is 4.72. The molecule has 2 rings (SSSR count). The second-order valence-corrected chi connectivity index (χ2v) is 5.66. The first-order valence-corrected chi connectivity index (χ1v) is 7.02. The van der Waals surface area contributed by atoms with Gasteiger partial charge in [0.1, 0.15) is 5.82 Å². The standard InChI is InChI=1S/C14H18FN3S/c1-9(16)11-4-5-13(12(15)6-11)18(3)7-14-10(2)17-8-19-14/h4-6,8-9H,7,16H2,1-3H3/t9-/m0/s1. The van der Waals surface area contributed by atoms with Crippen molar-refractivity contribution in [2.45, 2.75) is 26.4 Å². The normalized spacial score (nSPS) is 12.5. The summed E-state index contributed by atoms with van der Waals surface area (Å²) in [6.07, 6.45) is 0. The quantitative estimate of drug-likeness (QED) is 0.934. The Morgan fingerprint density at radius 1 is 1.47 bits per heavy atom. The summed E-state index contributed by atoms with van der Waals surface area (Å²) in [4.78, 5) is 7.25. The molecule has 0 saturated carbocycles. The summed E-state index contributed by atoms with van der Waals surface area (Å²) in [6, 6.07) is 5.01. The van der Waals surface area contributed by atoms with Crippen LogP contribution in [0.15, 0.2) is 23.7 Å². The Morgan fingerprint density at radius 3 is 2.74 bits per heavy atom. The van der Waals surface area contributed by atoms with E-state index in [2.05, 4.69) is 4.98 Å². The van der Waals surface area contributed by atoms with E-state index < -0.39 is 0 Å². The van der Waals surface area contributed by atoms with Gasteiger partial charge < -0.3 is 10.6 Å². The topological polar surface area (TPSA) is 42.2 Å². The minimum Gasteiger partial charge on any atom is -0.367 e. The van der Waals surface area contributed by atoms with E-state index in [-0.39, 0.29) is 11.9 Å². The smallest absolute Gasteiger partial charge is 0.146 e. The van der Waals surface area contributed by atoms with E-state index in [0.29, 0.717) is 12.2 Å². The monoisotopic (exact) mass is 279 g/mol. The number of aromatic nitrogens is 1. The van der Waals surface area contributed by atoms with E-state index in [1.807, 2.05) is 37.4 Å². The SMILES string of the molecule is Cc1ncsc1CN(C)c1ccc([C@H](C)N)cc1F. The van der Waals surface area contributed by atoms with Crippen LogP contribution in [0.2, 0.25) is 0 Å². The Labute approximate surface area is 116 Å². The summed E-state index contributed by atoms with van der Waals surface area (Å²) in [6.45, 7) is 4.47. The van der Waals surface area contributed by atoms with Crippen molar-refractivity contribution in [1.29, 1.82) is 0 Å².